The Kier molecular flexibility index (Phi) is 4.26. The molecule has 0 bridgehead atoms. The van der Waals surface area contributed by atoms with Crippen molar-refractivity contribution < 1.29 is 0 Å². The van der Waals surface area contributed by atoms with Crippen LogP contribution in [-0.2, 0) is 5.41 Å². The monoisotopic (exact) mass is 464 g/mol. The first-order valence-electron chi connectivity index (χ1n) is 6.24. The molecule has 0 saturated heterocycles. The van der Waals surface area contributed by atoms with Gasteiger partial charge in [0.15, 0.2) is 0 Å². The second-order valence-corrected chi connectivity index (χ2v) is 8.14. The molecule has 0 radical (unpaired) electrons. The molecule has 0 saturated carbocycles. The van der Waals surface area contributed by atoms with Gasteiger partial charge in [0.2, 0.25) is 0 Å². The van der Waals surface area contributed by atoms with Crippen molar-refractivity contribution in [2.75, 3.05) is 0 Å². The Labute approximate surface area is 137 Å². The van der Waals surface area contributed by atoms with Crippen LogP contribution in [0.5, 0.6) is 0 Å². The van der Waals surface area contributed by atoms with Gasteiger partial charge in [0.05, 0.1) is 0 Å². The van der Waals surface area contributed by atoms with E-state index in [0.717, 1.165) is 0 Å². The summed E-state index contributed by atoms with van der Waals surface area (Å²) < 4.78 is 1.89. The van der Waals surface area contributed by atoms with Crippen molar-refractivity contribution >= 4 is 50.8 Å². The van der Waals surface area contributed by atoms with Gasteiger partial charge in [-0.05, 0) is 63.4 Å². The fourth-order valence-electron chi connectivity index (χ4n) is 2.57. The highest BCUT2D eigenvalue weighted by Gasteiger charge is 2.37. The van der Waals surface area contributed by atoms with Crippen LogP contribution in [0.4, 0.5) is 0 Å². The maximum atomic E-state index is 4.32. The average Bonchev–Trinajstić information content (AvgIpc) is 2.50. The van der Waals surface area contributed by atoms with Crippen LogP contribution in [0.2, 0.25) is 0 Å². The molecule has 1 unspecified atom stereocenters. The molecule has 18 heavy (non-hydrogen) atoms. The Balaban J connectivity index is 2.57. The van der Waals surface area contributed by atoms with Gasteiger partial charge < -0.3 is 0 Å². The molecule has 0 aliphatic heterocycles. The van der Waals surface area contributed by atoms with E-state index in [1.807, 2.05) is 0 Å². The third kappa shape index (κ3) is 2.42. The highest BCUT2D eigenvalue weighted by Crippen LogP contribution is 2.49. The van der Waals surface area contributed by atoms with Crippen LogP contribution < -0.4 is 0 Å². The van der Waals surface area contributed by atoms with E-state index in [2.05, 4.69) is 96.8 Å². The predicted octanol–water partition coefficient (Wildman–Crippen LogP) is 5.74. The first-order chi connectivity index (χ1) is 8.37. The molecule has 1 aliphatic rings. The molecule has 1 aromatic carbocycles. The topological polar surface area (TPSA) is 0 Å². The molecule has 0 N–H and O–H groups in total. The summed E-state index contributed by atoms with van der Waals surface area (Å²) in [6.07, 6.45) is 3.57. The van der Waals surface area contributed by atoms with Gasteiger partial charge in [-0.2, -0.15) is 0 Å². The lowest BCUT2D eigenvalue weighted by molar-refractivity contribution is 0.657. The standard InChI is InChI=1S/C16H18I2/c1-5-11(17)8-14-10(2)13-7-6-12(18)9-15(13)16(14,3)4/h6-9,11H,2,5H2,1,3-4H3/b14-8+. The highest BCUT2D eigenvalue weighted by molar-refractivity contribution is 14.1. The van der Waals surface area contributed by atoms with Gasteiger partial charge in [0.25, 0.3) is 0 Å². The number of alkyl halides is 1. The van der Waals surface area contributed by atoms with E-state index < -0.39 is 0 Å². The lowest BCUT2D eigenvalue weighted by atomic mass is 9.82. The Hall–Kier alpha value is 0.160. The van der Waals surface area contributed by atoms with Gasteiger partial charge in [-0.1, -0.05) is 62.1 Å². The third-order valence-corrected chi connectivity index (χ3v) is 5.63. The van der Waals surface area contributed by atoms with Gasteiger partial charge >= 0.3 is 0 Å². The molecule has 96 valence electrons. The number of benzene rings is 1. The molecule has 1 atom stereocenters. The molecule has 2 rings (SSSR count). The van der Waals surface area contributed by atoms with E-state index in [9.17, 15) is 0 Å². The number of allylic oxidation sites excluding steroid dienone is 3. The number of halogens is 2. The molecule has 2 heteroatoms. The molecule has 0 amide bonds. The van der Waals surface area contributed by atoms with Crippen LogP contribution >= 0.6 is 45.2 Å². The number of hydrogen-bond donors (Lipinski definition) is 0. The average molecular weight is 464 g/mol. The predicted molar refractivity (Wildman–Crippen MR) is 97.4 cm³/mol. The van der Waals surface area contributed by atoms with Crippen LogP contribution in [0.1, 0.15) is 38.3 Å². The molecule has 1 aliphatic carbocycles. The molecule has 1 aromatic rings. The van der Waals surface area contributed by atoms with Crippen LogP contribution in [0.25, 0.3) is 5.57 Å². The van der Waals surface area contributed by atoms with Gasteiger partial charge in [-0.3, -0.25) is 0 Å². The summed E-state index contributed by atoms with van der Waals surface area (Å²) in [6.45, 7) is 11.2. The summed E-state index contributed by atoms with van der Waals surface area (Å²) >= 11 is 4.90. The third-order valence-electron chi connectivity index (χ3n) is 3.72. The van der Waals surface area contributed by atoms with Gasteiger partial charge in [-0.15, -0.1) is 0 Å². The van der Waals surface area contributed by atoms with E-state index in [1.54, 1.807) is 0 Å². The number of fused-ring (bicyclic) bond motifs is 1. The van der Waals surface area contributed by atoms with E-state index in [0.29, 0.717) is 3.92 Å². The SMILES string of the molecule is C=C1/C(=C\C(I)CC)C(C)(C)c2cc(I)ccc21. The first-order valence-corrected chi connectivity index (χ1v) is 8.56. The normalized spacial score (nSPS) is 21.2. The Morgan fingerprint density at radius 3 is 2.67 bits per heavy atom. The molecule has 0 nitrogen and oxygen atoms in total. The first kappa shape index (κ1) is 14.6. The van der Waals surface area contributed by atoms with Crippen molar-refractivity contribution in [3.63, 3.8) is 0 Å². The second kappa shape index (κ2) is 5.27. The van der Waals surface area contributed by atoms with E-state index in [4.69, 9.17) is 0 Å². The van der Waals surface area contributed by atoms with Crippen molar-refractivity contribution in [1.29, 1.82) is 0 Å². The van der Waals surface area contributed by atoms with Crippen molar-refractivity contribution in [2.45, 2.75) is 36.5 Å². The van der Waals surface area contributed by atoms with Crippen molar-refractivity contribution in [2.24, 2.45) is 0 Å². The maximum absolute atomic E-state index is 4.32. The minimum atomic E-state index is 0.0895. The minimum Gasteiger partial charge on any atom is -0.0908 e. The number of hydrogen-bond acceptors (Lipinski definition) is 0. The minimum absolute atomic E-state index is 0.0895. The van der Waals surface area contributed by atoms with Crippen LogP contribution in [0.15, 0.2) is 36.4 Å². The smallest absolute Gasteiger partial charge is 0.0292 e. The summed E-state index contributed by atoms with van der Waals surface area (Å²) in [5.74, 6) is 0. The van der Waals surface area contributed by atoms with Gasteiger partial charge in [0.1, 0.15) is 0 Å². The fraction of sp³-hybridized carbons (Fsp3) is 0.375. The lowest BCUT2D eigenvalue weighted by Crippen LogP contribution is -2.16. The Bertz CT molecular complexity index is 524. The zero-order chi connectivity index (χ0) is 13.5. The summed E-state index contributed by atoms with van der Waals surface area (Å²) in [6, 6.07) is 6.69. The lowest BCUT2D eigenvalue weighted by Gasteiger charge is -2.23. The molecule has 0 heterocycles. The summed E-state index contributed by atoms with van der Waals surface area (Å²) in [5, 5.41) is 0. The van der Waals surface area contributed by atoms with Gasteiger partial charge in [-0.25, -0.2) is 0 Å². The van der Waals surface area contributed by atoms with Crippen LogP contribution in [0.3, 0.4) is 0 Å². The molecule has 0 aromatic heterocycles. The zero-order valence-electron chi connectivity index (χ0n) is 11.1. The molecular formula is C16H18I2. The Morgan fingerprint density at radius 1 is 1.39 bits per heavy atom. The number of rotatable bonds is 2. The van der Waals surface area contributed by atoms with Crippen molar-refractivity contribution in [3.05, 3.63) is 51.1 Å². The van der Waals surface area contributed by atoms with E-state index in [1.165, 1.54) is 32.3 Å². The fourth-order valence-corrected chi connectivity index (χ4v) is 3.42. The summed E-state index contributed by atoms with van der Waals surface area (Å²) in [5.41, 5.74) is 5.45. The van der Waals surface area contributed by atoms with E-state index in [-0.39, 0.29) is 5.41 Å². The second-order valence-electron chi connectivity index (χ2n) is 5.30. The molecule has 0 spiro atoms. The van der Waals surface area contributed by atoms with Crippen molar-refractivity contribution in [1.82, 2.24) is 0 Å². The Morgan fingerprint density at radius 2 is 2.06 bits per heavy atom. The summed E-state index contributed by atoms with van der Waals surface area (Å²) in [7, 11) is 0. The quantitative estimate of drug-likeness (QED) is 0.387. The summed E-state index contributed by atoms with van der Waals surface area (Å²) in [4.78, 5) is 0. The highest BCUT2D eigenvalue weighted by atomic mass is 127. The van der Waals surface area contributed by atoms with Crippen LogP contribution in [-0.4, -0.2) is 3.92 Å². The molecular weight excluding hydrogens is 446 g/mol. The van der Waals surface area contributed by atoms with Crippen LogP contribution in [0, 0.1) is 3.57 Å². The van der Waals surface area contributed by atoms with E-state index >= 15 is 0 Å². The maximum Gasteiger partial charge on any atom is 0.0292 e. The zero-order valence-corrected chi connectivity index (χ0v) is 15.4. The largest absolute Gasteiger partial charge is 0.0908 e. The van der Waals surface area contributed by atoms with Gasteiger partial charge in [0, 0.05) is 12.9 Å². The van der Waals surface area contributed by atoms with Crippen molar-refractivity contribution in [3.8, 4) is 0 Å². The molecule has 0 fully saturated rings.